The molecular weight excluding hydrogens is 322 g/mol. The summed E-state index contributed by atoms with van der Waals surface area (Å²) in [4.78, 5) is 14.9. The highest BCUT2D eigenvalue weighted by molar-refractivity contribution is 5.93. The van der Waals surface area contributed by atoms with Crippen molar-refractivity contribution in [2.45, 2.75) is 58.4 Å². The second-order valence-corrected chi connectivity index (χ2v) is 6.79. The molecule has 25 heavy (non-hydrogen) atoms. The van der Waals surface area contributed by atoms with Crippen molar-refractivity contribution in [2.75, 3.05) is 0 Å². The predicted molar refractivity (Wildman–Crippen MR) is 94.3 cm³/mol. The Bertz CT molecular complexity index is 889. The summed E-state index contributed by atoms with van der Waals surface area (Å²) in [6.45, 7) is 5.44. The molecule has 1 fully saturated rings. The van der Waals surface area contributed by atoms with Crippen molar-refractivity contribution in [3.63, 3.8) is 0 Å². The predicted octanol–water partition coefficient (Wildman–Crippen LogP) is 4.23. The Kier molecular flexibility index (Phi) is 4.80. The van der Waals surface area contributed by atoms with Crippen LogP contribution < -0.4 is 5.32 Å². The smallest absolute Gasteiger partial charge is 0.296 e. The van der Waals surface area contributed by atoms with Crippen LogP contribution in [-0.4, -0.2) is 16.9 Å². The molecule has 3 rings (SSSR count). The largest absolute Gasteiger partial charge is 0.358 e. The van der Waals surface area contributed by atoms with Gasteiger partial charge in [0.25, 0.3) is 5.91 Å². The minimum Gasteiger partial charge on any atom is -0.358 e. The molecule has 5 heteroatoms. The Balaban J connectivity index is 1.99. The zero-order valence-electron chi connectivity index (χ0n) is 14.7. The van der Waals surface area contributed by atoms with Gasteiger partial charge < -0.3 is 10.3 Å². The second-order valence-electron chi connectivity index (χ2n) is 6.79. The number of carbonyl (C=O) groups is 1. The molecule has 0 saturated heterocycles. The lowest BCUT2D eigenvalue weighted by Crippen LogP contribution is -2.37. The molecule has 3 nitrogen and oxygen atoms in total. The average molecular weight is 344 g/mol. The van der Waals surface area contributed by atoms with Crippen LogP contribution >= 0.6 is 0 Å². The third kappa shape index (κ3) is 3.26. The van der Waals surface area contributed by atoms with Gasteiger partial charge in [0.15, 0.2) is 11.6 Å². The maximum absolute atomic E-state index is 14.7. The monoisotopic (exact) mass is 344 g/mol. The van der Waals surface area contributed by atoms with E-state index in [1.807, 2.05) is 13.8 Å². The van der Waals surface area contributed by atoms with Crippen LogP contribution in [0.15, 0.2) is 6.07 Å². The number of hydrogen-bond acceptors (Lipinski definition) is 1. The van der Waals surface area contributed by atoms with E-state index in [-0.39, 0.29) is 17.9 Å². The van der Waals surface area contributed by atoms with Gasteiger partial charge in [-0.3, -0.25) is 4.79 Å². The lowest BCUT2D eigenvalue weighted by atomic mass is 9.79. The van der Waals surface area contributed by atoms with Crippen molar-refractivity contribution in [1.29, 1.82) is 0 Å². The normalized spacial score (nSPS) is 20.2. The highest BCUT2D eigenvalue weighted by atomic mass is 19.2. The van der Waals surface area contributed by atoms with Crippen LogP contribution in [0.5, 0.6) is 0 Å². The van der Waals surface area contributed by atoms with Crippen LogP contribution in [0.3, 0.4) is 0 Å². The molecule has 2 atom stereocenters. The van der Waals surface area contributed by atoms with Crippen molar-refractivity contribution in [3.05, 3.63) is 34.5 Å². The molecule has 1 aliphatic carbocycles. The number of benzene rings is 1. The van der Waals surface area contributed by atoms with Gasteiger partial charge in [-0.25, -0.2) is 8.78 Å². The first kappa shape index (κ1) is 17.5. The number of hydrogen-bond donors (Lipinski definition) is 2. The third-order valence-corrected chi connectivity index (χ3v) is 5.17. The van der Waals surface area contributed by atoms with E-state index >= 15 is 0 Å². The second kappa shape index (κ2) is 6.87. The lowest BCUT2D eigenvalue weighted by molar-refractivity contribution is -0.116. The molecule has 0 bridgehead atoms. The molecule has 0 radical (unpaired) electrons. The van der Waals surface area contributed by atoms with Gasteiger partial charge >= 0.3 is 0 Å². The number of fused-ring (bicyclic) bond motifs is 1. The van der Waals surface area contributed by atoms with Crippen LogP contribution in [0.2, 0.25) is 0 Å². The summed E-state index contributed by atoms with van der Waals surface area (Å²) in [5.41, 5.74) is 2.94. The molecule has 0 unspecified atom stereocenters. The maximum atomic E-state index is 14.7. The van der Waals surface area contributed by atoms with Gasteiger partial charge in [-0.15, -0.1) is 0 Å². The number of H-pyrrole nitrogens is 1. The maximum Gasteiger partial charge on any atom is 0.296 e. The number of nitrogens with one attached hydrogen (secondary N) is 2. The Hall–Kier alpha value is -2.35. The molecule has 2 aromatic rings. The topological polar surface area (TPSA) is 44.9 Å². The van der Waals surface area contributed by atoms with Gasteiger partial charge in [0.2, 0.25) is 0 Å². The Morgan fingerprint density at radius 3 is 2.80 bits per heavy atom. The quantitative estimate of drug-likeness (QED) is 0.787. The van der Waals surface area contributed by atoms with Crippen LogP contribution in [0.1, 0.15) is 55.3 Å². The van der Waals surface area contributed by atoms with E-state index in [9.17, 15) is 13.6 Å². The molecule has 1 saturated carbocycles. The van der Waals surface area contributed by atoms with Crippen molar-refractivity contribution < 1.29 is 13.6 Å². The molecule has 132 valence electrons. The van der Waals surface area contributed by atoms with Crippen molar-refractivity contribution in [2.24, 2.45) is 0 Å². The highest BCUT2D eigenvalue weighted by Gasteiger charge is 2.30. The van der Waals surface area contributed by atoms with Crippen LogP contribution in [-0.2, 0) is 4.79 Å². The van der Waals surface area contributed by atoms with Gasteiger partial charge in [-0.1, -0.05) is 12.3 Å². The van der Waals surface area contributed by atoms with Crippen molar-refractivity contribution >= 4 is 16.8 Å². The first-order valence-electron chi connectivity index (χ1n) is 8.62. The van der Waals surface area contributed by atoms with E-state index in [0.717, 1.165) is 35.9 Å². The summed E-state index contributed by atoms with van der Waals surface area (Å²) >= 11 is 0. The number of aromatic amines is 1. The fraction of sp³-hybridized carbons (Fsp3) is 0.450. The van der Waals surface area contributed by atoms with E-state index in [0.29, 0.717) is 17.5 Å². The average Bonchev–Trinajstić information content (AvgIpc) is 2.83. The lowest BCUT2D eigenvalue weighted by Gasteiger charge is -2.30. The van der Waals surface area contributed by atoms with Gasteiger partial charge in [-0.05, 0) is 57.4 Å². The van der Waals surface area contributed by atoms with E-state index < -0.39 is 11.6 Å². The number of aromatic nitrogens is 1. The van der Waals surface area contributed by atoms with Gasteiger partial charge in [0, 0.05) is 34.3 Å². The third-order valence-electron chi connectivity index (χ3n) is 5.17. The molecule has 0 spiro atoms. The first-order chi connectivity index (χ1) is 11.9. The number of halogens is 2. The summed E-state index contributed by atoms with van der Waals surface area (Å²) < 4.78 is 28.8. The van der Waals surface area contributed by atoms with Crippen LogP contribution in [0.25, 0.3) is 10.9 Å². The molecule has 1 heterocycles. The van der Waals surface area contributed by atoms with Crippen molar-refractivity contribution in [3.8, 4) is 11.8 Å². The summed E-state index contributed by atoms with van der Waals surface area (Å²) in [7, 11) is 0. The van der Waals surface area contributed by atoms with Crippen LogP contribution in [0, 0.1) is 37.3 Å². The minimum absolute atomic E-state index is 0.0647. The Morgan fingerprint density at radius 1 is 1.32 bits per heavy atom. The van der Waals surface area contributed by atoms with Gasteiger partial charge in [-0.2, -0.15) is 0 Å². The van der Waals surface area contributed by atoms with Gasteiger partial charge in [0.05, 0.1) is 0 Å². The van der Waals surface area contributed by atoms with E-state index in [4.69, 9.17) is 0 Å². The number of carbonyl (C=O) groups excluding carboxylic acids is 1. The van der Waals surface area contributed by atoms with E-state index in [1.165, 1.54) is 6.07 Å². The number of aryl methyl sites for hydroxylation is 2. The number of amides is 1. The van der Waals surface area contributed by atoms with Crippen LogP contribution in [0.4, 0.5) is 8.78 Å². The SMILES string of the molecule is CC#CC(=O)N[C@H]1CCC[C@H](c2c(F)c(F)cc3[nH]c(C)c(C)c23)C1. The summed E-state index contributed by atoms with van der Waals surface area (Å²) in [6.07, 6.45) is 3.06. The summed E-state index contributed by atoms with van der Waals surface area (Å²) in [6, 6.07) is 1.16. The summed E-state index contributed by atoms with van der Waals surface area (Å²) in [5, 5.41) is 3.66. The standard InChI is InChI=1S/C20H22F2N2O/c1-4-6-17(25)24-14-8-5-7-13(9-14)19-18-11(2)12(3)23-16(18)10-15(21)20(19)22/h10,13-14,23H,5,7-9H2,1-3H3,(H,24,25)/t13-,14-/m0/s1. The first-order valence-corrected chi connectivity index (χ1v) is 8.62. The zero-order valence-corrected chi connectivity index (χ0v) is 14.7. The van der Waals surface area contributed by atoms with Crippen molar-refractivity contribution in [1.82, 2.24) is 10.3 Å². The minimum atomic E-state index is -0.827. The number of rotatable bonds is 2. The summed E-state index contributed by atoms with van der Waals surface area (Å²) in [5.74, 6) is 3.02. The van der Waals surface area contributed by atoms with Gasteiger partial charge in [0.1, 0.15) is 0 Å². The van der Waals surface area contributed by atoms with E-state index in [1.54, 1.807) is 6.92 Å². The molecule has 1 aromatic carbocycles. The highest BCUT2D eigenvalue weighted by Crippen LogP contribution is 2.40. The Labute approximate surface area is 146 Å². The molecule has 0 aliphatic heterocycles. The molecule has 1 amide bonds. The molecular formula is C20H22F2N2O. The fourth-order valence-corrected chi connectivity index (χ4v) is 3.93. The Morgan fingerprint density at radius 2 is 2.08 bits per heavy atom. The molecule has 1 aliphatic rings. The van der Waals surface area contributed by atoms with E-state index in [2.05, 4.69) is 22.1 Å². The zero-order chi connectivity index (χ0) is 18.1. The molecule has 1 aromatic heterocycles. The fourth-order valence-electron chi connectivity index (χ4n) is 3.93. The molecule has 2 N–H and O–H groups in total.